The van der Waals surface area contributed by atoms with Crippen LogP contribution in [-0.4, -0.2) is 59.8 Å². The van der Waals surface area contributed by atoms with Crippen molar-refractivity contribution >= 4 is 8.32 Å². The quantitative estimate of drug-likeness (QED) is 0.423. The second-order valence-corrected chi connectivity index (χ2v) is 13.1. The van der Waals surface area contributed by atoms with Crippen LogP contribution in [0.1, 0.15) is 33.9 Å². The molecule has 28 heavy (non-hydrogen) atoms. The smallest absolute Gasteiger partial charge is 0.330 e. The molecule has 1 saturated heterocycles. The third-order valence-electron chi connectivity index (χ3n) is 6.29. The molecule has 2 rings (SSSR count). The Morgan fingerprint density at radius 2 is 2.00 bits per heavy atom. The number of aromatic amines is 1. The van der Waals surface area contributed by atoms with Gasteiger partial charge in [0.25, 0.3) is 5.56 Å². The number of H-pyrrole nitrogens is 1. The molecule has 0 radical (unpaired) electrons. The largest absolute Gasteiger partial charge is 0.395 e. The van der Waals surface area contributed by atoms with Gasteiger partial charge in [0.2, 0.25) is 0 Å². The van der Waals surface area contributed by atoms with E-state index in [0.29, 0.717) is 5.92 Å². The SMILES string of the molecule is CC(C)C(C)(C)[Si](C)(C)OCO[C@@H]1[C@H](O)[C@@H](CO)O[C@H]1n1ccc(=O)[nH]c1=O. The fraction of sp³-hybridized carbons (Fsp3) is 0.778. The first-order valence-electron chi connectivity index (χ1n) is 9.43. The molecule has 0 bridgehead atoms. The summed E-state index contributed by atoms with van der Waals surface area (Å²) in [6, 6.07) is 1.18. The third-order valence-corrected chi connectivity index (χ3v) is 10.8. The Morgan fingerprint density at radius 3 is 2.54 bits per heavy atom. The number of hydrogen-bond donors (Lipinski definition) is 3. The van der Waals surface area contributed by atoms with Gasteiger partial charge in [-0.2, -0.15) is 0 Å². The van der Waals surface area contributed by atoms with E-state index in [1.165, 1.54) is 12.3 Å². The topological polar surface area (TPSA) is 123 Å². The molecule has 0 amide bonds. The Hall–Kier alpha value is -1.30. The van der Waals surface area contributed by atoms with E-state index in [4.69, 9.17) is 13.9 Å². The molecule has 10 heteroatoms. The number of aliphatic hydroxyl groups excluding tert-OH is 2. The monoisotopic (exact) mass is 416 g/mol. The van der Waals surface area contributed by atoms with Crippen LogP contribution in [0.5, 0.6) is 0 Å². The molecule has 0 unspecified atom stereocenters. The van der Waals surface area contributed by atoms with Gasteiger partial charge < -0.3 is 24.1 Å². The van der Waals surface area contributed by atoms with Gasteiger partial charge in [-0.3, -0.25) is 14.3 Å². The van der Waals surface area contributed by atoms with E-state index in [2.05, 4.69) is 45.8 Å². The van der Waals surface area contributed by atoms with Crippen molar-refractivity contribution in [3.63, 3.8) is 0 Å². The van der Waals surface area contributed by atoms with Gasteiger partial charge in [-0.15, -0.1) is 0 Å². The molecule has 1 aromatic rings. The van der Waals surface area contributed by atoms with Crippen molar-refractivity contribution in [1.29, 1.82) is 0 Å². The van der Waals surface area contributed by atoms with Crippen molar-refractivity contribution in [3.8, 4) is 0 Å². The molecule has 1 fully saturated rings. The van der Waals surface area contributed by atoms with Crippen LogP contribution in [0, 0.1) is 5.92 Å². The molecule has 2 heterocycles. The Morgan fingerprint density at radius 1 is 1.36 bits per heavy atom. The van der Waals surface area contributed by atoms with E-state index < -0.39 is 50.7 Å². The minimum atomic E-state index is -2.15. The van der Waals surface area contributed by atoms with Crippen LogP contribution in [0.2, 0.25) is 18.1 Å². The summed E-state index contributed by atoms with van der Waals surface area (Å²) in [4.78, 5) is 25.6. The lowest BCUT2D eigenvalue weighted by Crippen LogP contribution is -2.47. The lowest BCUT2D eigenvalue weighted by Gasteiger charge is -2.42. The molecular formula is C18H32N2O7Si. The highest BCUT2D eigenvalue weighted by Crippen LogP contribution is 2.44. The predicted molar refractivity (Wildman–Crippen MR) is 106 cm³/mol. The highest BCUT2D eigenvalue weighted by molar-refractivity contribution is 6.74. The molecule has 9 nitrogen and oxygen atoms in total. The van der Waals surface area contributed by atoms with Crippen molar-refractivity contribution in [3.05, 3.63) is 33.1 Å². The van der Waals surface area contributed by atoms with Crippen LogP contribution in [0.25, 0.3) is 0 Å². The van der Waals surface area contributed by atoms with E-state index in [9.17, 15) is 19.8 Å². The maximum absolute atomic E-state index is 12.1. The van der Waals surface area contributed by atoms with E-state index in [1.807, 2.05) is 0 Å². The van der Waals surface area contributed by atoms with Crippen molar-refractivity contribution in [2.75, 3.05) is 13.4 Å². The Kier molecular flexibility index (Phi) is 7.06. The number of aliphatic hydroxyl groups is 2. The minimum absolute atomic E-state index is 0.00988. The van der Waals surface area contributed by atoms with Gasteiger partial charge >= 0.3 is 5.69 Å². The molecule has 1 aliphatic heterocycles. The predicted octanol–water partition coefficient (Wildman–Crippen LogP) is 0.788. The van der Waals surface area contributed by atoms with E-state index in [-0.39, 0.29) is 11.8 Å². The summed E-state index contributed by atoms with van der Waals surface area (Å²) in [5, 5.41) is 19.9. The van der Waals surface area contributed by atoms with Crippen molar-refractivity contribution in [2.24, 2.45) is 5.92 Å². The number of ether oxygens (including phenoxy) is 2. The fourth-order valence-corrected chi connectivity index (χ4v) is 5.17. The van der Waals surface area contributed by atoms with Gasteiger partial charge in [-0.05, 0) is 24.1 Å². The maximum atomic E-state index is 12.1. The Labute approximate surface area is 165 Å². The van der Waals surface area contributed by atoms with Gasteiger partial charge in [0.05, 0.1) is 6.61 Å². The summed E-state index contributed by atoms with van der Waals surface area (Å²) in [6.45, 7) is 12.3. The minimum Gasteiger partial charge on any atom is -0.395 e. The summed E-state index contributed by atoms with van der Waals surface area (Å²) in [5.74, 6) is 0.417. The van der Waals surface area contributed by atoms with E-state index >= 15 is 0 Å². The van der Waals surface area contributed by atoms with Crippen LogP contribution in [0.3, 0.4) is 0 Å². The maximum Gasteiger partial charge on any atom is 0.330 e. The summed E-state index contributed by atoms with van der Waals surface area (Å²) in [6.07, 6.45) is -2.72. The van der Waals surface area contributed by atoms with Gasteiger partial charge in [0.15, 0.2) is 14.5 Å². The first-order chi connectivity index (χ1) is 12.9. The average molecular weight is 417 g/mol. The van der Waals surface area contributed by atoms with Gasteiger partial charge in [-0.1, -0.05) is 27.7 Å². The summed E-state index contributed by atoms with van der Waals surface area (Å²) < 4.78 is 18.6. The van der Waals surface area contributed by atoms with Crippen molar-refractivity contribution < 1.29 is 24.1 Å². The summed E-state index contributed by atoms with van der Waals surface area (Å²) >= 11 is 0. The zero-order valence-electron chi connectivity index (χ0n) is 17.3. The van der Waals surface area contributed by atoms with Crippen LogP contribution in [-0.2, 0) is 13.9 Å². The summed E-state index contributed by atoms with van der Waals surface area (Å²) in [7, 11) is -2.15. The number of rotatable bonds is 8. The van der Waals surface area contributed by atoms with Crippen molar-refractivity contribution in [2.45, 2.75) is 70.4 Å². The van der Waals surface area contributed by atoms with Crippen LogP contribution >= 0.6 is 0 Å². The third kappa shape index (κ3) is 4.47. The van der Waals surface area contributed by atoms with Crippen molar-refractivity contribution in [1.82, 2.24) is 9.55 Å². The van der Waals surface area contributed by atoms with E-state index in [1.54, 1.807) is 0 Å². The van der Waals surface area contributed by atoms with Crippen LogP contribution < -0.4 is 11.2 Å². The van der Waals surface area contributed by atoms with Gasteiger partial charge in [0.1, 0.15) is 25.1 Å². The second kappa shape index (κ2) is 8.60. The molecule has 0 aromatic carbocycles. The first kappa shape index (κ1) is 23.0. The standard InChI is InChI=1S/C18H32N2O7Si/c1-11(2)18(3,4)28(5,6)26-10-25-15-14(23)12(9-21)27-16(15)20-8-7-13(22)19-17(20)24/h7-8,11-12,14-16,21,23H,9-10H2,1-6H3,(H,19,22,24)/t12-,14-,15-,16-/m1/s1. The fourth-order valence-electron chi connectivity index (χ4n) is 3.04. The second-order valence-electron chi connectivity index (χ2n) is 8.54. The summed E-state index contributed by atoms with van der Waals surface area (Å²) in [5.41, 5.74) is -1.23. The first-order valence-corrected chi connectivity index (χ1v) is 12.3. The van der Waals surface area contributed by atoms with Gasteiger partial charge in [-0.25, -0.2) is 4.79 Å². The zero-order chi connectivity index (χ0) is 21.3. The lowest BCUT2D eigenvalue weighted by molar-refractivity contribution is -0.114. The van der Waals surface area contributed by atoms with Crippen LogP contribution in [0.15, 0.2) is 21.9 Å². The molecule has 160 valence electrons. The Balaban J connectivity index is 2.17. The molecule has 1 aliphatic rings. The van der Waals surface area contributed by atoms with Crippen LogP contribution in [0.4, 0.5) is 0 Å². The lowest BCUT2D eigenvalue weighted by atomic mass is 9.99. The number of hydrogen-bond acceptors (Lipinski definition) is 7. The number of nitrogens with one attached hydrogen (secondary N) is 1. The molecule has 1 aromatic heterocycles. The average Bonchev–Trinajstić information content (AvgIpc) is 2.90. The normalized spacial score (nSPS) is 26.2. The molecule has 3 N–H and O–H groups in total. The highest BCUT2D eigenvalue weighted by Gasteiger charge is 2.47. The molecule has 0 aliphatic carbocycles. The van der Waals surface area contributed by atoms with Gasteiger partial charge in [0, 0.05) is 12.3 Å². The van der Waals surface area contributed by atoms with E-state index in [0.717, 1.165) is 4.57 Å². The number of nitrogens with zero attached hydrogens (tertiary/aromatic N) is 1. The molecule has 0 spiro atoms. The zero-order valence-corrected chi connectivity index (χ0v) is 18.3. The highest BCUT2D eigenvalue weighted by atomic mass is 28.4. The number of aromatic nitrogens is 2. The molecule has 4 atom stereocenters. The molecular weight excluding hydrogens is 384 g/mol. The molecule has 0 saturated carbocycles. The Bertz CT molecular complexity index is 774.